The number of methoxy groups -OCH3 is 1. The molecule has 30 heavy (non-hydrogen) atoms. The molecular formula is C23H21N3O3S. The number of hydrogen-bond donors (Lipinski definition) is 3. The fourth-order valence-corrected chi connectivity index (χ4v) is 3.04. The Hall–Kier alpha value is -3.71. The van der Waals surface area contributed by atoms with Crippen LogP contribution in [-0.2, 0) is 0 Å². The third kappa shape index (κ3) is 5.21. The SMILES string of the molecule is COc1ccccc1C(=O)NC(=S)Nc1ccc(NC(=O)c2ccccc2)c(C)c1. The molecule has 0 spiro atoms. The maximum absolute atomic E-state index is 12.4. The van der Waals surface area contributed by atoms with Crippen molar-refractivity contribution in [2.45, 2.75) is 6.92 Å². The lowest BCUT2D eigenvalue weighted by molar-refractivity contribution is 0.0973. The van der Waals surface area contributed by atoms with Crippen LogP contribution in [-0.4, -0.2) is 24.0 Å². The molecule has 0 fully saturated rings. The topological polar surface area (TPSA) is 79.5 Å². The van der Waals surface area contributed by atoms with E-state index in [1.165, 1.54) is 7.11 Å². The van der Waals surface area contributed by atoms with Crippen molar-refractivity contribution in [3.63, 3.8) is 0 Å². The van der Waals surface area contributed by atoms with Crippen LogP contribution in [0.3, 0.4) is 0 Å². The van der Waals surface area contributed by atoms with Gasteiger partial charge < -0.3 is 15.4 Å². The number of aryl methyl sites for hydroxylation is 1. The molecule has 0 aliphatic carbocycles. The fourth-order valence-electron chi connectivity index (χ4n) is 2.83. The van der Waals surface area contributed by atoms with Crippen LogP contribution < -0.4 is 20.7 Å². The number of amides is 2. The smallest absolute Gasteiger partial charge is 0.261 e. The first kappa shape index (κ1) is 21.0. The molecule has 0 aliphatic heterocycles. The van der Waals surface area contributed by atoms with E-state index in [9.17, 15) is 9.59 Å². The van der Waals surface area contributed by atoms with Gasteiger partial charge in [-0.15, -0.1) is 0 Å². The van der Waals surface area contributed by atoms with E-state index in [4.69, 9.17) is 17.0 Å². The molecule has 0 saturated heterocycles. The number of ether oxygens (including phenoxy) is 1. The van der Waals surface area contributed by atoms with E-state index in [-0.39, 0.29) is 16.9 Å². The zero-order valence-electron chi connectivity index (χ0n) is 16.6. The number of hydrogen-bond acceptors (Lipinski definition) is 4. The predicted octanol–water partition coefficient (Wildman–Crippen LogP) is 4.38. The molecular weight excluding hydrogens is 398 g/mol. The number of nitrogens with one attached hydrogen (secondary N) is 3. The number of carbonyl (C=O) groups is 2. The molecule has 3 aromatic carbocycles. The van der Waals surface area contributed by atoms with E-state index in [1.54, 1.807) is 48.5 Å². The molecule has 0 aromatic heterocycles. The van der Waals surface area contributed by atoms with Crippen LogP contribution in [0.5, 0.6) is 5.75 Å². The van der Waals surface area contributed by atoms with E-state index in [2.05, 4.69) is 16.0 Å². The summed E-state index contributed by atoms with van der Waals surface area (Å²) in [4.78, 5) is 24.8. The third-order valence-corrected chi connectivity index (χ3v) is 4.55. The van der Waals surface area contributed by atoms with Crippen molar-refractivity contribution in [2.24, 2.45) is 0 Å². The van der Waals surface area contributed by atoms with Gasteiger partial charge in [-0.3, -0.25) is 14.9 Å². The Bertz CT molecular complexity index is 1080. The zero-order chi connectivity index (χ0) is 21.5. The molecule has 0 saturated carbocycles. The quantitative estimate of drug-likeness (QED) is 0.535. The van der Waals surface area contributed by atoms with Crippen molar-refractivity contribution >= 4 is 40.5 Å². The summed E-state index contributed by atoms with van der Waals surface area (Å²) in [5.41, 5.74) is 3.20. The zero-order valence-corrected chi connectivity index (χ0v) is 17.4. The number of thiocarbonyl (C=S) groups is 1. The van der Waals surface area contributed by atoms with E-state index in [0.717, 1.165) is 5.56 Å². The summed E-state index contributed by atoms with van der Waals surface area (Å²) >= 11 is 5.25. The van der Waals surface area contributed by atoms with Crippen molar-refractivity contribution in [2.75, 3.05) is 17.7 Å². The first-order chi connectivity index (χ1) is 14.5. The van der Waals surface area contributed by atoms with Gasteiger partial charge in [0.25, 0.3) is 11.8 Å². The minimum atomic E-state index is -0.367. The highest BCUT2D eigenvalue weighted by Crippen LogP contribution is 2.21. The molecule has 3 N–H and O–H groups in total. The summed E-state index contributed by atoms with van der Waals surface area (Å²) in [6.07, 6.45) is 0. The average molecular weight is 420 g/mol. The number of anilines is 2. The van der Waals surface area contributed by atoms with Crippen molar-refractivity contribution in [3.05, 3.63) is 89.5 Å². The molecule has 0 bridgehead atoms. The van der Waals surface area contributed by atoms with Crippen LogP contribution in [0.2, 0.25) is 0 Å². The van der Waals surface area contributed by atoms with Gasteiger partial charge in [0, 0.05) is 16.9 Å². The van der Waals surface area contributed by atoms with Crippen LogP contribution in [0.1, 0.15) is 26.3 Å². The third-order valence-electron chi connectivity index (χ3n) is 4.35. The van der Waals surface area contributed by atoms with Gasteiger partial charge in [0.05, 0.1) is 12.7 Å². The molecule has 0 heterocycles. The van der Waals surface area contributed by atoms with Crippen molar-refractivity contribution in [1.82, 2.24) is 5.32 Å². The Balaban J connectivity index is 1.63. The highest BCUT2D eigenvalue weighted by Gasteiger charge is 2.13. The lowest BCUT2D eigenvalue weighted by Gasteiger charge is -2.14. The second-order valence-corrected chi connectivity index (χ2v) is 6.87. The summed E-state index contributed by atoms with van der Waals surface area (Å²) < 4.78 is 5.20. The lowest BCUT2D eigenvalue weighted by atomic mass is 10.1. The molecule has 6 nitrogen and oxygen atoms in total. The number of benzene rings is 3. The van der Waals surface area contributed by atoms with E-state index in [1.807, 2.05) is 31.2 Å². The normalized spacial score (nSPS) is 10.1. The Morgan fingerprint density at radius 2 is 1.57 bits per heavy atom. The summed E-state index contributed by atoms with van der Waals surface area (Å²) in [5, 5.41) is 8.67. The first-order valence-corrected chi connectivity index (χ1v) is 9.61. The van der Waals surface area contributed by atoms with Crippen molar-refractivity contribution in [1.29, 1.82) is 0 Å². The number of para-hydroxylation sites is 1. The van der Waals surface area contributed by atoms with Gasteiger partial charge in [0.1, 0.15) is 5.75 Å². The first-order valence-electron chi connectivity index (χ1n) is 9.20. The average Bonchev–Trinajstić information content (AvgIpc) is 2.76. The molecule has 0 radical (unpaired) electrons. The second kappa shape index (κ2) is 9.67. The molecule has 152 valence electrons. The second-order valence-electron chi connectivity index (χ2n) is 6.46. The van der Waals surface area contributed by atoms with Crippen LogP contribution in [0.15, 0.2) is 72.8 Å². The molecule has 0 atom stereocenters. The van der Waals surface area contributed by atoms with Gasteiger partial charge in [-0.2, -0.15) is 0 Å². The summed E-state index contributed by atoms with van der Waals surface area (Å²) in [7, 11) is 1.50. The van der Waals surface area contributed by atoms with Crippen LogP contribution in [0.4, 0.5) is 11.4 Å². The molecule has 2 amide bonds. The monoisotopic (exact) mass is 419 g/mol. The van der Waals surface area contributed by atoms with Crippen LogP contribution in [0, 0.1) is 6.92 Å². The van der Waals surface area contributed by atoms with Gasteiger partial charge >= 0.3 is 0 Å². The molecule has 0 aliphatic rings. The van der Waals surface area contributed by atoms with Crippen molar-refractivity contribution < 1.29 is 14.3 Å². The van der Waals surface area contributed by atoms with Crippen molar-refractivity contribution in [3.8, 4) is 5.75 Å². The maximum Gasteiger partial charge on any atom is 0.261 e. The Kier molecular flexibility index (Phi) is 6.77. The lowest BCUT2D eigenvalue weighted by Crippen LogP contribution is -2.34. The van der Waals surface area contributed by atoms with Crippen LogP contribution in [0.25, 0.3) is 0 Å². The Morgan fingerprint density at radius 1 is 0.867 bits per heavy atom. The highest BCUT2D eigenvalue weighted by molar-refractivity contribution is 7.80. The van der Waals surface area contributed by atoms with Gasteiger partial charge in [0.2, 0.25) is 0 Å². The summed E-state index contributed by atoms with van der Waals surface area (Å²) in [6, 6.07) is 21.3. The van der Waals surface area contributed by atoms with Gasteiger partial charge in [0.15, 0.2) is 5.11 Å². The Labute approximate surface area is 180 Å². The molecule has 0 unspecified atom stereocenters. The number of carbonyl (C=O) groups excluding carboxylic acids is 2. The molecule has 3 aromatic rings. The minimum absolute atomic E-state index is 0.159. The fraction of sp³-hybridized carbons (Fsp3) is 0.0870. The summed E-state index contributed by atoms with van der Waals surface area (Å²) in [6.45, 7) is 1.88. The van der Waals surface area contributed by atoms with Gasteiger partial charge in [-0.25, -0.2) is 0 Å². The van der Waals surface area contributed by atoms with Gasteiger partial charge in [-0.05, 0) is 67.2 Å². The largest absolute Gasteiger partial charge is 0.496 e. The molecule has 7 heteroatoms. The minimum Gasteiger partial charge on any atom is -0.496 e. The Morgan fingerprint density at radius 3 is 2.27 bits per heavy atom. The van der Waals surface area contributed by atoms with Gasteiger partial charge in [-0.1, -0.05) is 30.3 Å². The highest BCUT2D eigenvalue weighted by atomic mass is 32.1. The standard InChI is InChI=1S/C23H21N3O3S/c1-15-14-17(12-13-19(15)25-21(27)16-8-4-3-5-9-16)24-23(30)26-22(28)18-10-6-7-11-20(18)29-2/h3-14H,1-2H3,(H,25,27)(H2,24,26,28,30). The molecule has 3 rings (SSSR count). The predicted molar refractivity (Wildman–Crippen MR) is 122 cm³/mol. The van der Waals surface area contributed by atoms with E-state index in [0.29, 0.717) is 28.3 Å². The summed E-state index contributed by atoms with van der Waals surface area (Å²) in [5.74, 6) is -0.0837. The van der Waals surface area contributed by atoms with Crippen LogP contribution >= 0.6 is 12.2 Å². The number of rotatable bonds is 5. The van der Waals surface area contributed by atoms with E-state index < -0.39 is 0 Å². The van der Waals surface area contributed by atoms with E-state index >= 15 is 0 Å². The maximum atomic E-state index is 12.4.